The van der Waals surface area contributed by atoms with Gasteiger partial charge in [-0.2, -0.15) is 0 Å². The average molecular weight is 251 g/mol. The van der Waals surface area contributed by atoms with Gasteiger partial charge in [-0.1, -0.05) is 60.2 Å². The summed E-state index contributed by atoms with van der Waals surface area (Å²) < 4.78 is 0. The van der Waals surface area contributed by atoms with E-state index >= 15 is 0 Å². The van der Waals surface area contributed by atoms with Gasteiger partial charge in [0.05, 0.1) is 0 Å². The molecule has 19 heavy (non-hydrogen) atoms. The van der Waals surface area contributed by atoms with Gasteiger partial charge in [0.25, 0.3) is 0 Å². The number of hydrogen-bond donors (Lipinski definition) is 1. The van der Waals surface area contributed by atoms with Gasteiger partial charge in [-0.3, -0.25) is 0 Å². The van der Waals surface area contributed by atoms with E-state index in [0.717, 1.165) is 19.4 Å². The Labute approximate surface area is 116 Å². The van der Waals surface area contributed by atoms with Crippen molar-refractivity contribution in [1.82, 2.24) is 0 Å². The maximum Gasteiger partial charge on any atom is 0.0340 e. The number of benzene rings is 2. The van der Waals surface area contributed by atoms with Gasteiger partial charge < -0.3 is 5.32 Å². The highest BCUT2D eigenvalue weighted by molar-refractivity contribution is 5.48. The molecule has 98 valence electrons. The van der Waals surface area contributed by atoms with Crippen LogP contribution in [-0.2, 0) is 0 Å². The third-order valence-corrected chi connectivity index (χ3v) is 3.04. The molecule has 0 aliphatic rings. The molecule has 2 aromatic rings. The maximum atomic E-state index is 3.44. The summed E-state index contributed by atoms with van der Waals surface area (Å²) in [6.45, 7) is 3.13. The molecule has 1 heteroatoms. The number of anilines is 1. The van der Waals surface area contributed by atoms with Crippen LogP contribution in [0.5, 0.6) is 0 Å². The number of aryl methyl sites for hydroxylation is 1. The molecule has 0 spiro atoms. The fourth-order valence-corrected chi connectivity index (χ4v) is 1.91. The molecule has 2 rings (SSSR count). The molecule has 0 saturated carbocycles. The molecule has 0 amide bonds. The first-order chi connectivity index (χ1) is 9.34. The van der Waals surface area contributed by atoms with Crippen LogP contribution in [0, 0.1) is 6.92 Å². The molecule has 0 aromatic heterocycles. The first kappa shape index (κ1) is 13.4. The maximum absolute atomic E-state index is 3.44. The van der Waals surface area contributed by atoms with Gasteiger partial charge in [0.2, 0.25) is 0 Å². The summed E-state index contributed by atoms with van der Waals surface area (Å²) in [5.74, 6) is 0. The standard InChI is InChI=1S/C18H21N/c1-16-11-13-18(14-12-16)19-15-7-3-6-10-17-8-4-2-5-9-17/h2,4-6,8-14,19H,3,7,15H2,1H3. The van der Waals surface area contributed by atoms with E-state index in [0.29, 0.717) is 0 Å². The van der Waals surface area contributed by atoms with Crippen molar-refractivity contribution in [2.45, 2.75) is 19.8 Å². The third kappa shape index (κ3) is 5.01. The first-order valence-corrected chi connectivity index (χ1v) is 6.87. The van der Waals surface area contributed by atoms with Gasteiger partial charge in [-0.05, 0) is 37.5 Å². The minimum Gasteiger partial charge on any atom is -0.385 e. The third-order valence-electron chi connectivity index (χ3n) is 3.04. The van der Waals surface area contributed by atoms with Crippen LogP contribution in [0.1, 0.15) is 24.0 Å². The van der Waals surface area contributed by atoms with Crippen LogP contribution in [0.4, 0.5) is 5.69 Å². The van der Waals surface area contributed by atoms with Crippen molar-refractivity contribution in [2.24, 2.45) is 0 Å². The zero-order chi connectivity index (χ0) is 13.3. The lowest BCUT2D eigenvalue weighted by Gasteiger charge is -2.05. The lowest BCUT2D eigenvalue weighted by Crippen LogP contribution is -2.00. The molecule has 0 aliphatic carbocycles. The summed E-state index contributed by atoms with van der Waals surface area (Å²) in [6, 6.07) is 19.0. The fourth-order valence-electron chi connectivity index (χ4n) is 1.91. The quantitative estimate of drug-likeness (QED) is 0.720. The minimum absolute atomic E-state index is 1.02. The Balaban J connectivity index is 1.65. The molecule has 0 fully saturated rings. The number of allylic oxidation sites excluding steroid dienone is 1. The van der Waals surface area contributed by atoms with Crippen molar-refractivity contribution in [3.63, 3.8) is 0 Å². The minimum atomic E-state index is 1.02. The summed E-state index contributed by atoms with van der Waals surface area (Å²) in [5.41, 5.74) is 3.78. The molecule has 1 N–H and O–H groups in total. The lowest BCUT2D eigenvalue weighted by atomic mass is 10.2. The highest BCUT2D eigenvalue weighted by Crippen LogP contribution is 2.09. The van der Waals surface area contributed by atoms with Crippen LogP contribution in [-0.4, -0.2) is 6.54 Å². The normalized spacial score (nSPS) is 10.8. The molecule has 0 unspecified atom stereocenters. The second-order valence-electron chi connectivity index (χ2n) is 4.75. The van der Waals surface area contributed by atoms with Crippen LogP contribution in [0.25, 0.3) is 6.08 Å². The molecule has 0 heterocycles. The molecular weight excluding hydrogens is 230 g/mol. The second kappa shape index (κ2) is 7.42. The topological polar surface area (TPSA) is 12.0 Å². The average Bonchev–Trinajstić information content (AvgIpc) is 2.46. The Hall–Kier alpha value is -2.02. The number of hydrogen-bond acceptors (Lipinski definition) is 1. The van der Waals surface area contributed by atoms with Gasteiger partial charge in [-0.25, -0.2) is 0 Å². The Morgan fingerprint density at radius 3 is 2.42 bits per heavy atom. The summed E-state index contributed by atoms with van der Waals surface area (Å²) >= 11 is 0. The van der Waals surface area contributed by atoms with Crippen molar-refractivity contribution < 1.29 is 0 Å². The van der Waals surface area contributed by atoms with E-state index in [2.05, 4.69) is 72.9 Å². The Morgan fingerprint density at radius 2 is 1.68 bits per heavy atom. The lowest BCUT2D eigenvalue weighted by molar-refractivity contribution is 0.892. The predicted molar refractivity (Wildman–Crippen MR) is 84.4 cm³/mol. The van der Waals surface area contributed by atoms with E-state index in [1.165, 1.54) is 16.8 Å². The zero-order valence-corrected chi connectivity index (χ0v) is 11.5. The van der Waals surface area contributed by atoms with E-state index in [-0.39, 0.29) is 0 Å². The fraction of sp³-hybridized carbons (Fsp3) is 0.222. The second-order valence-corrected chi connectivity index (χ2v) is 4.75. The number of unbranched alkanes of at least 4 members (excludes halogenated alkanes) is 1. The van der Waals surface area contributed by atoms with Gasteiger partial charge in [0.1, 0.15) is 0 Å². The monoisotopic (exact) mass is 251 g/mol. The summed E-state index contributed by atoms with van der Waals surface area (Å²) in [5, 5.41) is 3.44. The Bertz CT molecular complexity index is 497. The van der Waals surface area contributed by atoms with Gasteiger partial charge in [0.15, 0.2) is 0 Å². The SMILES string of the molecule is Cc1ccc(NCCCC=Cc2ccccc2)cc1. The summed E-state index contributed by atoms with van der Waals surface area (Å²) in [6.07, 6.45) is 6.68. The van der Waals surface area contributed by atoms with Crippen molar-refractivity contribution >= 4 is 11.8 Å². The van der Waals surface area contributed by atoms with Crippen molar-refractivity contribution in [3.8, 4) is 0 Å². The molecule has 0 bridgehead atoms. The van der Waals surface area contributed by atoms with Gasteiger partial charge in [-0.15, -0.1) is 0 Å². The van der Waals surface area contributed by atoms with Crippen LogP contribution in [0.15, 0.2) is 60.7 Å². The molecule has 0 saturated heterocycles. The van der Waals surface area contributed by atoms with E-state index in [1.54, 1.807) is 0 Å². The molecule has 0 aliphatic heterocycles. The summed E-state index contributed by atoms with van der Waals surface area (Å²) in [4.78, 5) is 0. The highest BCUT2D eigenvalue weighted by atomic mass is 14.9. The number of rotatable bonds is 6. The zero-order valence-electron chi connectivity index (χ0n) is 11.5. The Kier molecular flexibility index (Phi) is 5.24. The van der Waals surface area contributed by atoms with Crippen LogP contribution >= 0.6 is 0 Å². The highest BCUT2D eigenvalue weighted by Gasteiger charge is 1.90. The molecular formula is C18H21N. The molecule has 2 aromatic carbocycles. The molecule has 1 nitrogen and oxygen atoms in total. The van der Waals surface area contributed by atoms with Gasteiger partial charge >= 0.3 is 0 Å². The predicted octanol–water partition coefficient (Wildman–Crippen LogP) is 4.90. The van der Waals surface area contributed by atoms with Crippen molar-refractivity contribution in [1.29, 1.82) is 0 Å². The molecule has 0 radical (unpaired) electrons. The van der Waals surface area contributed by atoms with E-state index < -0.39 is 0 Å². The molecule has 0 atom stereocenters. The van der Waals surface area contributed by atoms with Crippen molar-refractivity contribution in [3.05, 3.63) is 71.8 Å². The number of nitrogens with one attached hydrogen (secondary N) is 1. The van der Waals surface area contributed by atoms with Crippen LogP contribution < -0.4 is 5.32 Å². The van der Waals surface area contributed by atoms with Crippen molar-refractivity contribution in [2.75, 3.05) is 11.9 Å². The van der Waals surface area contributed by atoms with E-state index in [9.17, 15) is 0 Å². The summed E-state index contributed by atoms with van der Waals surface area (Å²) in [7, 11) is 0. The van der Waals surface area contributed by atoms with Crippen LogP contribution in [0.2, 0.25) is 0 Å². The van der Waals surface area contributed by atoms with Gasteiger partial charge in [0, 0.05) is 12.2 Å². The van der Waals surface area contributed by atoms with E-state index in [4.69, 9.17) is 0 Å². The first-order valence-electron chi connectivity index (χ1n) is 6.87. The van der Waals surface area contributed by atoms with Crippen LogP contribution in [0.3, 0.4) is 0 Å². The smallest absolute Gasteiger partial charge is 0.0340 e. The van der Waals surface area contributed by atoms with E-state index in [1.807, 2.05) is 6.07 Å². The Morgan fingerprint density at radius 1 is 0.947 bits per heavy atom. The largest absolute Gasteiger partial charge is 0.385 e.